The smallest absolute Gasteiger partial charge is 0.407 e. The number of rotatable bonds is 0. The average molecular weight is 201 g/mol. The summed E-state index contributed by atoms with van der Waals surface area (Å²) in [6, 6.07) is 0. The molecule has 0 bridgehead atoms. The third-order valence-electron chi connectivity index (χ3n) is 2.95. The molecule has 1 amide bonds. The molecule has 2 N–H and O–H groups in total. The first-order chi connectivity index (χ1) is 6.17. The predicted octanol–water partition coefficient (Wildman–Crippen LogP) is 1.39. The standard InChI is InChI=1S/C10H19NO3/c1-9(2)5-11(8(13)14)6-10(3,4)7(9)12/h7,12H,5-6H2,1-4H3,(H,13,14). The number of carbonyl (C=O) groups is 1. The van der Waals surface area contributed by atoms with Gasteiger partial charge >= 0.3 is 6.09 Å². The third-order valence-corrected chi connectivity index (χ3v) is 2.95. The van der Waals surface area contributed by atoms with E-state index >= 15 is 0 Å². The minimum Gasteiger partial charge on any atom is -0.465 e. The number of hydrogen-bond acceptors (Lipinski definition) is 2. The van der Waals surface area contributed by atoms with Crippen LogP contribution < -0.4 is 0 Å². The molecule has 1 aliphatic heterocycles. The number of carboxylic acid groups (broad SMARTS) is 1. The number of amides is 1. The van der Waals surface area contributed by atoms with E-state index in [2.05, 4.69) is 0 Å². The molecule has 4 heteroatoms. The first-order valence-corrected chi connectivity index (χ1v) is 4.83. The highest BCUT2D eigenvalue weighted by atomic mass is 16.4. The Kier molecular flexibility index (Phi) is 2.52. The van der Waals surface area contributed by atoms with Gasteiger partial charge in [-0.3, -0.25) is 0 Å². The summed E-state index contributed by atoms with van der Waals surface area (Å²) in [5.41, 5.74) is -0.750. The molecule has 0 aromatic carbocycles. The first kappa shape index (κ1) is 11.3. The molecule has 0 radical (unpaired) electrons. The third kappa shape index (κ3) is 1.85. The van der Waals surface area contributed by atoms with Gasteiger partial charge in [-0.2, -0.15) is 0 Å². The van der Waals surface area contributed by atoms with Crippen LogP contribution in [0.15, 0.2) is 0 Å². The monoisotopic (exact) mass is 201 g/mol. The Balaban J connectivity index is 2.91. The van der Waals surface area contributed by atoms with Crippen molar-refractivity contribution >= 4 is 6.09 Å². The summed E-state index contributed by atoms with van der Waals surface area (Å²) in [4.78, 5) is 12.3. The van der Waals surface area contributed by atoms with Crippen LogP contribution in [0.1, 0.15) is 27.7 Å². The van der Waals surface area contributed by atoms with Crippen molar-refractivity contribution in [3.63, 3.8) is 0 Å². The van der Waals surface area contributed by atoms with Crippen LogP contribution in [-0.2, 0) is 0 Å². The summed E-state index contributed by atoms with van der Waals surface area (Å²) < 4.78 is 0. The van der Waals surface area contributed by atoms with Crippen molar-refractivity contribution < 1.29 is 15.0 Å². The van der Waals surface area contributed by atoms with Crippen LogP contribution >= 0.6 is 0 Å². The number of piperidine rings is 1. The summed E-state index contributed by atoms with van der Waals surface area (Å²) in [6.45, 7) is 8.38. The fraction of sp³-hybridized carbons (Fsp3) is 0.900. The maximum atomic E-state index is 10.9. The topological polar surface area (TPSA) is 60.8 Å². The Labute approximate surface area is 84.5 Å². The van der Waals surface area contributed by atoms with Gasteiger partial charge in [0.1, 0.15) is 0 Å². The fourth-order valence-electron chi connectivity index (χ4n) is 2.41. The average Bonchev–Trinajstić information content (AvgIpc) is 1.98. The van der Waals surface area contributed by atoms with Gasteiger partial charge in [-0.1, -0.05) is 27.7 Å². The molecule has 1 aliphatic rings. The van der Waals surface area contributed by atoms with E-state index < -0.39 is 12.2 Å². The van der Waals surface area contributed by atoms with Crippen LogP contribution in [0.5, 0.6) is 0 Å². The van der Waals surface area contributed by atoms with E-state index in [1.807, 2.05) is 27.7 Å². The zero-order chi connectivity index (χ0) is 11.1. The van der Waals surface area contributed by atoms with Gasteiger partial charge in [-0.05, 0) is 0 Å². The second-order valence-electron chi connectivity index (χ2n) is 5.52. The van der Waals surface area contributed by atoms with E-state index in [0.717, 1.165) is 0 Å². The molecule has 14 heavy (non-hydrogen) atoms. The van der Waals surface area contributed by atoms with Gasteiger partial charge < -0.3 is 15.1 Å². The maximum Gasteiger partial charge on any atom is 0.407 e. The Bertz CT molecular complexity index is 230. The van der Waals surface area contributed by atoms with Crippen LogP contribution in [0.4, 0.5) is 4.79 Å². The van der Waals surface area contributed by atoms with Crippen LogP contribution in [0.25, 0.3) is 0 Å². The summed E-state index contributed by atoms with van der Waals surface area (Å²) in [5.74, 6) is 0. The van der Waals surface area contributed by atoms with Crippen molar-refractivity contribution in [2.75, 3.05) is 13.1 Å². The number of aliphatic hydroxyl groups excluding tert-OH is 1. The molecule has 1 rings (SSSR count). The SMILES string of the molecule is CC1(C)CN(C(=O)O)CC(C)(C)C1O. The lowest BCUT2D eigenvalue weighted by Gasteiger charge is -2.49. The maximum absolute atomic E-state index is 10.9. The molecule has 0 saturated carbocycles. The molecule has 1 fully saturated rings. The van der Waals surface area contributed by atoms with Crippen LogP contribution in [-0.4, -0.2) is 40.4 Å². The van der Waals surface area contributed by atoms with Gasteiger partial charge in [0.2, 0.25) is 0 Å². The summed E-state index contributed by atoms with van der Waals surface area (Å²) in [7, 11) is 0. The Hall–Kier alpha value is -0.770. The molecular formula is C10H19NO3. The molecule has 1 saturated heterocycles. The van der Waals surface area contributed by atoms with Crippen molar-refractivity contribution in [3.8, 4) is 0 Å². The van der Waals surface area contributed by atoms with E-state index in [0.29, 0.717) is 13.1 Å². The number of nitrogens with zero attached hydrogens (tertiary/aromatic N) is 1. The highest BCUT2D eigenvalue weighted by Crippen LogP contribution is 2.39. The lowest BCUT2D eigenvalue weighted by Crippen LogP contribution is -2.59. The Morgan fingerprint density at radius 2 is 1.57 bits per heavy atom. The molecule has 0 spiro atoms. The van der Waals surface area contributed by atoms with E-state index in [4.69, 9.17) is 5.11 Å². The Morgan fingerprint density at radius 3 is 1.86 bits per heavy atom. The van der Waals surface area contributed by atoms with Gasteiger partial charge in [0.15, 0.2) is 0 Å². The number of aliphatic hydroxyl groups is 1. The molecule has 0 aliphatic carbocycles. The van der Waals surface area contributed by atoms with Crippen molar-refractivity contribution in [2.45, 2.75) is 33.8 Å². The second-order valence-corrected chi connectivity index (χ2v) is 5.52. The normalized spacial score (nSPS) is 26.2. The van der Waals surface area contributed by atoms with E-state index in [1.165, 1.54) is 4.90 Å². The number of likely N-dealkylation sites (tertiary alicyclic amines) is 1. The van der Waals surface area contributed by atoms with E-state index in [-0.39, 0.29) is 10.8 Å². The largest absolute Gasteiger partial charge is 0.465 e. The van der Waals surface area contributed by atoms with E-state index in [1.54, 1.807) is 0 Å². The minimum atomic E-state index is -0.905. The fourth-order valence-corrected chi connectivity index (χ4v) is 2.41. The Morgan fingerprint density at radius 1 is 1.21 bits per heavy atom. The van der Waals surface area contributed by atoms with Crippen molar-refractivity contribution in [2.24, 2.45) is 10.8 Å². The van der Waals surface area contributed by atoms with Crippen molar-refractivity contribution in [1.29, 1.82) is 0 Å². The molecule has 4 nitrogen and oxygen atoms in total. The molecule has 0 aromatic heterocycles. The summed E-state index contributed by atoms with van der Waals surface area (Å²) >= 11 is 0. The first-order valence-electron chi connectivity index (χ1n) is 4.83. The molecular weight excluding hydrogens is 182 g/mol. The van der Waals surface area contributed by atoms with Gasteiger partial charge in [0, 0.05) is 23.9 Å². The molecule has 0 aromatic rings. The summed E-state index contributed by atoms with van der Waals surface area (Å²) in [5, 5.41) is 19.0. The lowest BCUT2D eigenvalue weighted by molar-refractivity contribution is -0.0991. The van der Waals surface area contributed by atoms with Gasteiger partial charge in [0.25, 0.3) is 0 Å². The zero-order valence-corrected chi connectivity index (χ0v) is 9.24. The second kappa shape index (κ2) is 3.12. The molecule has 82 valence electrons. The van der Waals surface area contributed by atoms with Crippen LogP contribution in [0, 0.1) is 10.8 Å². The number of hydrogen-bond donors (Lipinski definition) is 2. The van der Waals surface area contributed by atoms with E-state index in [9.17, 15) is 9.90 Å². The van der Waals surface area contributed by atoms with Crippen molar-refractivity contribution in [1.82, 2.24) is 4.90 Å². The zero-order valence-electron chi connectivity index (χ0n) is 9.24. The van der Waals surface area contributed by atoms with Gasteiger partial charge in [0.05, 0.1) is 6.10 Å². The van der Waals surface area contributed by atoms with Gasteiger partial charge in [-0.15, -0.1) is 0 Å². The van der Waals surface area contributed by atoms with Crippen LogP contribution in [0.2, 0.25) is 0 Å². The highest BCUT2D eigenvalue weighted by molar-refractivity contribution is 5.65. The molecule has 0 unspecified atom stereocenters. The lowest BCUT2D eigenvalue weighted by atomic mass is 9.68. The molecule has 0 atom stereocenters. The molecule has 1 heterocycles. The van der Waals surface area contributed by atoms with Crippen molar-refractivity contribution in [3.05, 3.63) is 0 Å². The quantitative estimate of drug-likeness (QED) is 0.622. The minimum absolute atomic E-state index is 0.375. The highest BCUT2D eigenvalue weighted by Gasteiger charge is 2.47. The summed E-state index contributed by atoms with van der Waals surface area (Å²) in [6.07, 6.45) is -1.37. The van der Waals surface area contributed by atoms with Crippen LogP contribution in [0.3, 0.4) is 0 Å². The van der Waals surface area contributed by atoms with Gasteiger partial charge in [-0.25, -0.2) is 4.79 Å². The predicted molar refractivity (Wildman–Crippen MR) is 53.2 cm³/mol.